The van der Waals surface area contributed by atoms with Crippen molar-refractivity contribution < 1.29 is 24.2 Å². The van der Waals surface area contributed by atoms with Crippen LogP contribution in [0, 0.1) is 6.92 Å². The number of hydrogen-bond donors (Lipinski definition) is 2. The molecule has 0 aliphatic heterocycles. The predicted octanol–water partition coefficient (Wildman–Crippen LogP) is 1.99. The van der Waals surface area contributed by atoms with E-state index in [4.69, 9.17) is 9.47 Å². The third-order valence-electron chi connectivity index (χ3n) is 2.86. The van der Waals surface area contributed by atoms with Crippen LogP contribution >= 0.6 is 11.3 Å². The number of aromatic nitrogens is 1. The molecular formula is C15H24N2O5S. The number of methoxy groups -OCH3 is 1. The molecule has 1 amide bonds. The smallest absolute Gasteiger partial charge is 0.326 e. The standard InChI is InChI=1S/C15H24N2O5S/c1-9-12(23-11(16-9)8-21-5)13(18)17-10(14(19)20)6-7-22-15(2,3)4/h10H,6-8H2,1-5H3,(H,17,18)(H,19,20). The van der Waals surface area contributed by atoms with Crippen molar-refractivity contribution in [3.63, 3.8) is 0 Å². The van der Waals surface area contributed by atoms with Gasteiger partial charge in [0.1, 0.15) is 15.9 Å². The van der Waals surface area contributed by atoms with E-state index in [2.05, 4.69) is 10.3 Å². The fourth-order valence-corrected chi connectivity index (χ4v) is 2.75. The number of aryl methyl sites for hydroxylation is 1. The van der Waals surface area contributed by atoms with Gasteiger partial charge in [0.15, 0.2) is 0 Å². The maximum absolute atomic E-state index is 12.3. The van der Waals surface area contributed by atoms with Crippen molar-refractivity contribution in [2.24, 2.45) is 0 Å². The van der Waals surface area contributed by atoms with Gasteiger partial charge in [-0.3, -0.25) is 4.79 Å². The molecule has 2 N–H and O–H groups in total. The van der Waals surface area contributed by atoms with E-state index >= 15 is 0 Å². The van der Waals surface area contributed by atoms with E-state index < -0.39 is 17.9 Å². The maximum Gasteiger partial charge on any atom is 0.326 e. The van der Waals surface area contributed by atoms with Crippen molar-refractivity contribution in [1.82, 2.24) is 10.3 Å². The van der Waals surface area contributed by atoms with Crippen LogP contribution in [-0.2, 0) is 20.9 Å². The number of nitrogens with zero attached hydrogens (tertiary/aromatic N) is 1. The van der Waals surface area contributed by atoms with Crippen molar-refractivity contribution in [2.45, 2.75) is 52.4 Å². The fraction of sp³-hybridized carbons (Fsp3) is 0.667. The van der Waals surface area contributed by atoms with Gasteiger partial charge in [0.25, 0.3) is 5.91 Å². The Bertz CT molecular complexity index is 551. The lowest BCUT2D eigenvalue weighted by Crippen LogP contribution is -2.42. The van der Waals surface area contributed by atoms with Gasteiger partial charge in [-0.25, -0.2) is 9.78 Å². The fourth-order valence-electron chi connectivity index (χ4n) is 1.81. The summed E-state index contributed by atoms with van der Waals surface area (Å²) < 4.78 is 10.5. The molecule has 0 aliphatic rings. The first-order valence-electron chi connectivity index (χ1n) is 7.27. The lowest BCUT2D eigenvalue weighted by atomic mass is 10.1. The highest BCUT2D eigenvalue weighted by molar-refractivity contribution is 7.13. The molecule has 0 fully saturated rings. The first kappa shape index (κ1) is 19.5. The number of thiazole rings is 1. The highest BCUT2D eigenvalue weighted by Crippen LogP contribution is 2.19. The van der Waals surface area contributed by atoms with Crippen LogP contribution in [0.1, 0.15) is 47.6 Å². The topological polar surface area (TPSA) is 97.8 Å². The highest BCUT2D eigenvalue weighted by atomic mass is 32.1. The molecule has 0 aromatic carbocycles. The van der Waals surface area contributed by atoms with Crippen molar-refractivity contribution in [3.05, 3.63) is 15.6 Å². The molecule has 1 aromatic rings. The normalized spacial score (nSPS) is 12.9. The molecule has 7 nitrogen and oxygen atoms in total. The molecule has 1 aromatic heterocycles. The zero-order chi connectivity index (χ0) is 17.6. The zero-order valence-corrected chi connectivity index (χ0v) is 15.0. The second kappa shape index (κ2) is 8.37. The first-order valence-corrected chi connectivity index (χ1v) is 8.08. The Morgan fingerprint density at radius 2 is 2.04 bits per heavy atom. The van der Waals surface area contributed by atoms with Gasteiger partial charge >= 0.3 is 5.97 Å². The van der Waals surface area contributed by atoms with Crippen LogP contribution in [-0.4, -0.2) is 47.3 Å². The van der Waals surface area contributed by atoms with Gasteiger partial charge in [-0.05, 0) is 27.7 Å². The SMILES string of the molecule is COCc1nc(C)c(C(=O)NC(CCOC(C)(C)C)C(=O)O)s1. The molecule has 1 unspecified atom stereocenters. The van der Waals surface area contributed by atoms with E-state index in [-0.39, 0.29) is 18.6 Å². The highest BCUT2D eigenvalue weighted by Gasteiger charge is 2.24. The third kappa shape index (κ3) is 6.64. The number of amides is 1. The molecule has 0 saturated heterocycles. The number of carboxylic acid groups (broad SMARTS) is 1. The van der Waals surface area contributed by atoms with Crippen molar-refractivity contribution in [3.8, 4) is 0 Å². The molecule has 0 radical (unpaired) electrons. The van der Waals surface area contributed by atoms with Gasteiger partial charge in [0.05, 0.1) is 17.9 Å². The summed E-state index contributed by atoms with van der Waals surface area (Å²) in [5.41, 5.74) is 0.214. The first-order chi connectivity index (χ1) is 10.6. The summed E-state index contributed by atoms with van der Waals surface area (Å²) in [5, 5.41) is 12.5. The Morgan fingerprint density at radius 1 is 1.39 bits per heavy atom. The van der Waals surface area contributed by atoms with E-state index in [9.17, 15) is 14.7 Å². The van der Waals surface area contributed by atoms with Crippen LogP contribution in [0.3, 0.4) is 0 Å². The summed E-state index contributed by atoms with van der Waals surface area (Å²) in [6, 6.07) is -1.00. The van der Waals surface area contributed by atoms with Gasteiger partial charge in [0, 0.05) is 20.1 Å². The van der Waals surface area contributed by atoms with Gasteiger partial charge in [-0.2, -0.15) is 0 Å². The number of aliphatic carboxylic acids is 1. The minimum atomic E-state index is -1.09. The molecule has 1 rings (SSSR count). The van der Waals surface area contributed by atoms with Crippen LogP contribution < -0.4 is 5.32 Å². The van der Waals surface area contributed by atoms with Gasteiger partial charge in [-0.15, -0.1) is 11.3 Å². The monoisotopic (exact) mass is 344 g/mol. The second-order valence-electron chi connectivity index (χ2n) is 6.07. The van der Waals surface area contributed by atoms with Crippen molar-refractivity contribution in [2.75, 3.05) is 13.7 Å². The van der Waals surface area contributed by atoms with Crippen LogP contribution in [0.2, 0.25) is 0 Å². The average Bonchev–Trinajstić information content (AvgIpc) is 2.77. The molecule has 8 heteroatoms. The van der Waals surface area contributed by atoms with E-state index in [0.29, 0.717) is 22.2 Å². The summed E-state index contributed by atoms with van der Waals surface area (Å²) in [6.07, 6.45) is 0.196. The predicted molar refractivity (Wildman–Crippen MR) is 86.8 cm³/mol. The molecule has 23 heavy (non-hydrogen) atoms. The summed E-state index contributed by atoms with van der Waals surface area (Å²) in [5.74, 6) is -1.53. The van der Waals surface area contributed by atoms with Crippen LogP contribution in [0.15, 0.2) is 0 Å². The Hall–Kier alpha value is -1.51. The molecule has 0 saturated carbocycles. The van der Waals surface area contributed by atoms with E-state index in [1.165, 1.54) is 11.3 Å². The summed E-state index contributed by atoms with van der Waals surface area (Å²) in [7, 11) is 1.55. The number of hydrogen-bond acceptors (Lipinski definition) is 6. The molecule has 0 spiro atoms. The second-order valence-corrected chi connectivity index (χ2v) is 7.15. The van der Waals surface area contributed by atoms with Crippen molar-refractivity contribution >= 4 is 23.2 Å². The largest absolute Gasteiger partial charge is 0.480 e. The summed E-state index contributed by atoms with van der Waals surface area (Å²) >= 11 is 1.20. The van der Waals surface area contributed by atoms with E-state index in [0.717, 1.165) is 0 Å². The van der Waals surface area contributed by atoms with Gasteiger partial charge in [-0.1, -0.05) is 0 Å². The lowest BCUT2D eigenvalue weighted by molar-refractivity contribution is -0.140. The Kier molecular flexibility index (Phi) is 7.11. The zero-order valence-electron chi connectivity index (χ0n) is 14.1. The number of carbonyl (C=O) groups is 2. The number of nitrogens with one attached hydrogen (secondary N) is 1. The molecule has 130 valence electrons. The third-order valence-corrected chi connectivity index (χ3v) is 3.99. The number of carboxylic acids is 1. The quantitative estimate of drug-likeness (QED) is 0.748. The van der Waals surface area contributed by atoms with Crippen LogP contribution in [0.25, 0.3) is 0 Å². The summed E-state index contributed by atoms with van der Waals surface area (Å²) in [6.45, 7) is 7.94. The molecule has 0 bridgehead atoms. The van der Waals surface area contributed by atoms with E-state index in [1.807, 2.05) is 20.8 Å². The minimum Gasteiger partial charge on any atom is -0.480 e. The van der Waals surface area contributed by atoms with Gasteiger partial charge < -0.3 is 19.9 Å². The van der Waals surface area contributed by atoms with Crippen LogP contribution in [0.5, 0.6) is 0 Å². The Labute approximate surface area is 140 Å². The van der Waals surface area contributed by atoms with Gasteiger partial charge in [0.2, 0.25) is 0 Å². The lowest BCUT2D eigenvalue weighted by Gasteiger charge is -2.21. The molecule has 0 aliphatic carbocycles. The van der Waals surface area contributed by atoms with Crippen molar-refractivity contribution in [1.29, 1.82) is 0 Å². The minimum absolute atomic E-state index is 0.196. The Balaban J connectivity index is 2.69. The average molecular weight is 344 g/mol. The number of carbonyl (C=O) groups excluding carboxylic acids is 1. The van der Waals surface area contributed by atoms with E-state index in [1.54, 1.807) is 14.0 Å². The maximum atomic E-state index is 12.3. The Morgan fingerprint density at radius 3 is 2.57 bits per heavy atom. The molecule has 1 heterocycles. The molecular weight excluding hydrogens is 320 g/mol. The number of ether oxygens (including phenoxy) is 2. The molecule has 1 atom stereocenters. The number of rotatable bonds is 8. The van der Waals surface area contributed by atoms with Crippen LogP contribution in [0.4, 0.5) is 0 Å². The summed E-state index contributed by atoms with van der Waals surface area (Å²) in [4.78, 5) is 28.2.